The minimum Gasteiger partial charge on any atom is -0.393 e. The van der Waals surface area contributed by atoms with Gasteiger partial charge in [-0.1, -0.05) is 54.4 Å². The molecule has 0 saturated heterocycles. The summed E-state index contributed by atoms with van der Waals surface area (Å²) >= 11 is 0. The van der Waals surface area contributed by atoms with E-state index in [-0.39, 0.29) is 6.10 Å². The Labute approximate surface area is 96.3 Å². The van der Waals surface area contributed by atoms with Gasteiger partial charge in [-0.2, -0.15) is 0 Å². The van der Waals surface area contributed by atoms with E-state index in [9.17, 15) is 5.11 Å². The molecule has 15 heavy (non-hydrogen) atoms. The highest BCUT2D eigenvalue weighted by atomic mass is 16.3. The van der Waals surface area contributed by atoms with Gasteiger partial charge in [-0.3, -0.25) is 0 Å². The quantitative estimate of drug-likeness (QED) is 0.676. The minimum absolute atomic E-state index is 0.118. The van der Waals surface area contributed by atoms with Gasteiger partial charge in [0, 0.05) is 0 Å². The maximum atomic E-state index is 10.3. The topological polar surface area (TPSA) is 20.2 Å². The number of aliphatic hydroxyl groups excluding tert-OH is 1. The number of aliphatic hydroxyl groups is 1. The van der Waals surface area contributed by atoms with Gasteiger partial charge in [-0.15, -0.1) is 0 Å². The summed E-state index contributed by atoms with van der Waals surface area (Å²) in [5.74, 6) is 2.22. The smallest absolute Gasteiger partial charge is 0.0596 e. The largest absolute Gasteiger partial charge is 0.393 e. The minimum atomic E-state index is -0.118. The maximum Gasteiger partial charge on any atom is 0.0596 e. The van der Waals surface area contributed by atoms with Crippen LogP contribution in [0.2, 0.25) is 0 Å². The molecule has 0 saturated carbocycles. The predicted octanol–water partition coefficient (Wildman–Crippen LogP) is 4.10. The van der Waals surface area contributed by atoms with E-state index < -0.39 is 0 Å². The molecule has 0 bridgehead atoms. The van der Waals surface area contributed by atoms with E-state index >= 15 is 0 Å². The first-order chi connectivity index (χ1) is 6.93. The van der Waals surface area contributed by atoms with Gasteiger partial charge < -0.3 is 5.11 Å². The van der Waals surface area contributed by atoms with Gasteiger partial charge in [0.2, 0.25) is 0 Å². The van der Waals surface area contributed by atoms with Crippen LogP contribution in [0.3, 0.4) is 0 Å². The van der Waals surface area contributed by atoms with E-state index in [0.717, 1.165) is 19.3 Å². The maximum absolute atomic E-state index is 10.3. The molecule has 0 aromatic rings. The number of rotatable bonds is 7. The molecule has 0 aromatic heterocycles. The first-order valence-corrected chi connectivity index (χ1v) is 6.61. The first kappa shape index (κ1) is 15.0. The van der Waals surface area contributed by atoms with Crippen molar-refractivity contribution in [1.29, 1.82) is 0 Å². The summed E-state index contributed by atoms with van der Waals surface area (Å²) in [6.07, 6.45) is 3.29. The Kier molecular flexibility index (Phi) is 7.25. The lowest BCUT2D eigenvalue weighted by atomic mass is 9.79. The fourth-order valence-electron chi connectivity index (χ4n) is 2.29. The van der Waals surface area contributed by atoms with Crippen molar-refractivity contribution in [2.75, 3.05) is 0 Å². The molecule has 0 aliphatic heterocycles. The van der Waals surface area contributed by atoms with E-state index in [4.69, 9.17) is 0 Å². The zero-order valence-electron chi connectivity index (χ0n) is 11.5. The average Bonchev–Trinajstić information content (AvgIpc) is 2.22. The van der Waals surface area contributed by atoms with Crippen LogP contribution in [0.25, 0.3) is 0 Å². The van der Waals surface area contributed by atoms with E-state index in [1.54, 1.807) is 0 Å². The summed E-state index contributed by atoms with van der Waals surface area (Å²) in [5, 5.41) is 10.3. The summed E-state index contributed by atoms with van der Waals surface area (Å²) in [6.45, 7) is 13.3. The Morgan fingerprint density at radius 2 is 1.47 bits per heavy atom. The molecule has 4 unspecified atom stereocenters. The summed E-state index contributed by atoms with van der Waals surface area (Å²) in [4.78, 5) is 0. The van der Waals surface area contributed by atoms with Crippen LogP contribution in [-0.2, 0) is 0 Å². The van der Waals surface area contributed by atoms with Crippen molar-refractivity contribution in [3.63, 3.8) is 0 Å². The van der Waals surface area contributed by atoms with Gasteiger partial charge in [0.05, 0.1) is 6.10 Å². The normalized spacial score (nSPS) is 20.0. The lowest BCUT2D eigenvalue weighted by molar-refractivity contribution is 0.0239. The molecule has 0 heterocycles. The Hall–Kier alpha value is -0.0400. The van der Waals surface area contributed by atoms with Crippen LogP contribution in [0.1, 0.15) is 60.8 Å². The zero-order chi connectivity index (χ0) is 12.0. The molecule has 1 heteroatoms. The Balaban J connectivity index is 4.29. The van der Waals surface area contributed by atoms with Crippen molar-refractivity contribution in [2.24, 2.45) is 23.7 Å². The van der Waals surface area contributed by atoms with Crippen LogP contribution in [0.15, 0.2) is 0 Å². The second-order valence-electron chi connectivity index (χ2n) is 5.53. The van der Waals surface area contributed by atoms with Crippen molar-refractivity contribution >= 4 is 0 Å². The summed E-state index contributed by atoms with van der Waals surface area (Å²) < 4.78 is 0. The zero-order valence-corrected chi connectivity index (χ0v) is 11.5. The van der Waals surface area contributed by atoms with Gasteiger partial charge >= 0.3 is 0 Å². The fraction of sp³-hybridized carbons (Fsp3) is 1.00. The van der Waals surface area contributed by atoms with Crippen LogP contribution >= 0.6 is 0 Å². The third-order valence-electron chi connectivity index (χ3n) is 3.86. The van der Waals surface area contributed by atoms with Crippen molar-refractivity contribution in [3.05, 3.63) is 0 Å². The van der Waals surface area contributed by atoms with Crippen molar-refractivity contribution in [2.45, 2.75) is 66.9 Å². The first-order valence-electron chi connectivity index (χ1n) is 6.61. The monoisotopic (exact) mass is 214 g/mol. The molecule has 4 atom stereocenters. The molecule has 0 rings (SSSR count). The van der Waals surface area contributed by atoms with Crippen LogP contribution in [0, 0.1) is 23.7 Å². The van der Waals surface area contributed by atoms with Crippen molar-refractivity contribution in [1.82, 2.24) is 0 Å². The lowest BCUT2D eigenvalue weighted by Gasteiger charge is -2.31. The predicted molar refractivity (Wildman–Crippen MR) is 67.9 cm³/mol. The van der Waals surface area contributed by atoms with Gasteiger partial charge in [-0.05, 0) is 30.1 Å². The summed E-state index contributed by atoms with van der Waals surface area (Å²) in [7, 11) is 0. The van der Waals surface area contributed by atoms with E-state index in [0.29, 0.717) is 23.7 Å². The molecule has 0 radical (unpaired) electrons. The van der Waals surface area contributed by atoms with Crippen LogP contribution in [0.4, 0.5) is 0 Å². The van der Waals surface area contributed by atoms with E-state index in [1.807, 2.05) is 0 Å². The molecular weight excluding hydrogens is 184 g/mol. The highest BCUT2D eigenvalue weighted by Crippen LogP contribution is 2.28. The van der Waals surface area contributed by atoms with Crippen LogP contribution < -0.4 is 0 Å². The molecular formula is C14H30O. The molecule has 0 aliphatic carbocycles. The van der Waals surface area contributed by atoms with Crippen LogP contribution in [-0.4, -0.2) is 11.2 Å². The standard InChI is InChI=1S/C14H30O/c1-7-11(5)12(6)14(15)13(8-2)9-10(3)4/h10-15H,7-9H2,1-6H3. The molecule has 1 N–H and O–H groups in total. The van der Waals surface area contributed by atoms with Crippen molar-refractivity contribution in [3.8, 4) is 0 Å². The highest BCUT2D eigenvalue weighted by Gasteiger charge is 2.26. The Morgan fingerprint density at radius 1 is 0.933 bits per heavy atom. The number of hydrogen-bond donors (Lipinski definition) is 1. The number of hydrogen-bond acceptors (Lipinski definition) is 1. The fourth-order valence-corrected chi connectivity index (χ4v) is 2.29. The summed E-state index contributed by atoms with van der Waals surface area (Å²) in [5.41, 5.74) is 0. The van der Waals surface area contributed by atoms with E-state index in [1.165, 1.54) is 0 Å². The second-order valence-corrected chi connectivity index (χ2v) is 5.53. The molecule has 0 amide bonds. The SMILES string of the molecule is CCC(C)C(C)C(O)C(CC)CC(C)C. The third-order valence-corrected chi connectivity index (χ3v) is 3.86. The van der Waals surface area contributed by atoms with Gasteiger partial charge in [0.1, 0.15) is 0 Å². The van der Waals surface area contributed by atoms with E-state index in [2.05, 4.69) is 41.5 Å². The molecule has 0 spiro atoms. The molecule has 92 valence electrons. The molecule has 1 nitrogen and oxygen atoms in total. The molecule has 0 fully saturated rings. The molecule has 0 aliphatic rings. The van der Waals surface area contributed by atoms with Crippen LogP contribution in [0.5, 0.6) is 0 Å². The van der Waals surface area contributed by atoms with Gasteiger partial charge in [-0.25, -0.2) is 0 Å². The second kappa shape index (κ2) is 7.27. The third kappa shape index (κ3) is 5.01. The average molecular weight is 214 g/mol. The lowest BCUT2D eigenvalue weighted by Crippen LogP contribution is -2.31. The summed E-state index contributed by atoms with van der Waals surface area (Å²) in [6, 6.07) is 0. The Morgan fingerprint density at radius 3 is 1.80 bits per heavy atom. The van der Waals surface area contributed by atoms with Gasteiger partial charge in [0.15, 0.2) is 0 Å². The van der Waals surface area contributed by atoms with Crippen molar-refractivity contribution < 1.29 is 5.11 Å². The van der Waals surface area contributed by atoms with Gasteiger partial charge in [0.25, 0.3) is 0 Å². The Bertz CT molecular complexity index is 153. The highest BCUT2D eigenvalue weighted by molar-refractivity contribution is 4.77. The molecule has 0 aromatic carbocycles.